The summed E-state index contributed by atoms with van der Waals surface area (Å²) >= 11 is 1.33. The van der Waals surface area contributed by atoms with E-state index in [2.05, 4.69) is 4.98 Å². The summed E-state index contributed by atoms with van der Waals surface area (Å²) in [6.45, 7) is -0.472. The number of Topliss-reactive ketones (excluding diaryl/α,β-unsaturated/α-hetero) is 1. The summed E-state index contributed by atoms with van der Waals surface area (Å²) in [7, 11) is 0. The van der Waals surface area contributed by atoms with Gasteiger partial charge in [-0.15, -0.1) is 0 Å². The molecule has 0 fully saturated rings. The molecule has 72 valence electrons. The van der Waals surface area contributed by atoms with Crippen molar-refractivity contribution in [2.24, 2.45) is 0 Å². The SMILES string of the molecule is Nc1nc2ccc(C(=O)CO)cc2s1. The standard InChI is InChI=1S/C9H8N2O2S/c10-9-11-6-2-1-5(7(13)4-12)3-8(6)14-9/h1-3,12H,4H2,(H2,10,11). The molecule has 1 aromatic carbocycles. The average molecular weight is 208 g/mol. The Morgan fingerprint density at radius 2 is 2.36 bits per heavy atom. The van der Waals surface area contributed by atoms with Crippen LogP contribution in [-0.4, -0.2) is 22.5 Å². The monoisotopic (exact) mass is 208 g/mol. The molecule has 0 spiro atoms. The minimum atomic E-state index is -0.472. The summed E-state index contributed by atoms with van der Waals surface area (Å²) in [4.78, 5) is 15.2. The average Bonchev–Trinajstić information content (AvgIpc) is 2.55. The number of aliphatic hydroxyl groups is 1. The highest BCUT2D eigenvalue weighted by Gasteiger charge is 2.07. The predicted octanol–water partition coefficient (Wildman–Crippen LogP) is 1.05. The molecule has 1 heterocycles. The molecule has 0 saturated heterocycles. The third-order valence-corrected chi connectivity index (χ3v) is 2.72. The quantitative estimate of drug-likeness (QED) is 0.723. The Hall–Kier alpha value is -1.46. The number of aromatic nitrogens is 1. The second-order valence-corrected chi connectivity index (χ2v) is 3.88. The van der Waals surface area contributed by atoms with Crippen LogP contribution in [0.25, 0.3) is 10.2 Å². The maximum Gasteiger partial charge on any atom is 0.188 e. The molecule has 2 aromatic rings. The van der Waals surface area contributed by atoms with Gasteiger partial charge < -0.3 is 10.8 Å². The van der Waals surface area contributed by atoms with Crippen molar-refractivity contribution in [3.63, 3.8) is 0 Å². The summed E-state index contributed by atoms with van der Waals surface area (Å²) < 4.78 is 0.863. The van der Waals surface area contributed by atoms with Crippen molar-refractivity contribution in [1.82, 2.24) is 4.98 Å². The maximum absolute atomic E-state index is 11.2. The number of nitrogens with two attached hydrogens (primary N) is 1. The van der Waals surface area contributed by atoms with Crippen LogP contribution in [0.2, 0.25) is 0 Å². The molecule has 2 rings (SSSR count). The van der Waals surface area contributed by atoms with Crippen LogP contribution < -0.4 is 5.73 Å². The molecule has 0 unspecified atom stereocenters. The van der Waals surface area contributed by atoms with E-state index < -0.39 is 6.61 Å². The molecule has 0 bridgehead atoms. The number of hydrogen-bond acceptors (Lipinski definition) is 5. The molecule has 0 aliphatic carbocycles. The van der Waals surface area contributed by atoms with Gasteiger partial charge in [-0.05, 0) is 18.2 Å². The van der Waals surface area contributed by atoms with E-state index in [0.29, 0.717) is 10.7 Å². The van der Waals surface area contributed by atoms with Crippen LogP contribution in [0.1, 0.15) is 10.4 Å². The first-order chi connectivity index (χ1) is 6.70. The molecule has 0 atom stereocenters. The highest BCUT2D eigenvalue weighted by atomic mass is 32.1. The molecule has 3 N–H and O–H groups in total. The fourth-order valence-electron chi connectivity index (χ4n) is 1.21. The van der Waals surface area contributed by atoms with Crippen LogP contribution in [0.3, 0.4) is 0 Å². The second-order valence-electron chi connectivity index (χ2n) is 2.82. The zero-order chi connectivity index (χ0) is 10.1. The van der Waals surface area contributed by atoms with Crippen LogP contribution in [-0.2, 0) is 0 Å². The summed E-state index contributed by atoms with van der Waals surface area (Å²) in [5, 5.41) is 9.16. The Kier molecular flexibility index (Phi) is 2.18. The van der Waals surface area contributed by atoms with Gasteiger partial charge in [-0.25, -0.2) is 4.98 Å². The van der Waals surface area contributed by atoms with Crippen molar-refractivity contribution >= 4 is 32.5 Å². The summed E-state index contributed by atoms with van der Waals surface area (Å²) in [5.74, 6) is -0.293. The Morgan fingerprint density at radius 3 is 3.07 bits per heavy atom. The zero-order valence-corrected chi connectivity index (χ0v) is 8.04. The van der Waals surface area contributed by atoms with Gasteiger partial charge in [0.25, 0.3) is 0 Å². The topological polar surface area (TPSA) is 76.2 Å². The van der Waals surface area contributed by atoms with E-state index in [-0.39, 0.29) is 5.78 Å². The van der Waals surface area contributed by atoms with Gasteiger partial charge in [0, 0.05) is 5.56 Å². The van der Waals surface area contributed by atoms with Crippen molar-refractivity contribution in [2.75, 3.05) is 12.3 Å². The second kappa shape index (κ2) is 3.36. The van der Waals surface area contributed by atoms with Gasteiger partial charge >= 0.3 is 0 Å². The van der Waals surface area contributed by atoms with E-state index >= 15 is 0 Å². The van der Waals surface area contributed by atoms with Crippen molar-refractivity contribution in [1.29, 1.82) is 0 Å². The number of ketones is 1. The number of thiazole rings is 1. The lowest BCUT2D eigenvalue weighted by Crippen LogP contribution is -2.03. The molecule has 0 aliphatic heterocycles. The normalized spacial score (nSPS) is 10.6. The highest BCUT2D eigenvalue weighted by molar-refractivity contribution is 7.22. The fourth-order valence-corrected chi connectivity index (χ4v) is 1.98. The van der Waals surface area contributed by atoms with Gasteiger partial charge in [-0.2, -0.15) is 0 Å². The van der Waals surface area contributed by atoms with Crippen LogP contribution >= 0.6 is 11.3 Å². The third kappa shape index (κ3) is 1.47. The van der Waals surface area contributed by atoms with Crippen LogP contribution in [0.15, 0.2) is 18.2 Å². The number of rotatable bonds is 2. The number of benzene rings is 1. The highest BCUT2D eigenvalue weighted by Crippen LogP contribution is 2.24. The number of nitrogens with zero attached hydrogens (tertiary/aromatic N) is 1. The van der Waals surface area contributed by atoms with E-state index in [1.165, 1.54) is 11.3 Å². The summed E-state index contributed by atoms with van der Waals surface area (Å²) in [5.41, 5.74) is 6.79. The molecule has 5 heteroatoms. The maximum atomic E-state index is 11.2. The minimum absolute atomic E-state index is 0.293. The van der Waals surface area contributed by atoms with E-state index in [0.717, 1.165) is 10.2 Å². The van der Waals surface area contributed by atoms with Crippen LogP contribution in [0, 0.1) is 0 Å². The molecule has 0 radical (unpaired) electrons. The number of carbonyl (C=O) groups excluding carboxylic acids is 1. The molecular weight excluding hydrogens is 200 g/mol. The van der Waals surface area contributed by atoms with Gasteiger partial charge in [0.2, 0.25) is 0 Å². The van der Waals surface area contributed by atoms with E-state index in [1.54, 1.807) is 18.2 Å². The third-order valence-electron chi connectivity index (χ3n) is 1.87. The fraction of sp³-hybridized carbons (Fsp3) is 0.111. The Morgan fingerprint density at radius 1 is 1.57 bits per heavy atom. The van der Waals surface area contributed by atoms with Crippen molar-refractivity contribution in [3.8, 4) is 0 Å². The largest absolute Gasteiger partial charge is 0.388 e. The number of carbonyl (C=O) groups is 1. The van der Waals surface area contributed by atoms with Crippen molar-refractivity contribution in [2.45, 2.75) is 0 Å². The smallest absolute Gasteiger partial charge is 0.188 e. The van der Waals surface area contributed by atoms with Gasteiger partial charge in [0.1, 0.15) is 6.61 Å². The minimum Gasteiger partial charge on any atom is -0.388 e. The Balaban J connectivity index is 2.55. The first kappa shape index (κ1) is 9.11. The van der Waals surface area contributed by atoms with E-state index in [4.69, 9.17) is 10.8 Å². The molecule has 14 heavy (non-hydrogen) atoms. The number of hydrogen-bond donors (Lipinski definition) is 2. The molecule has 0 aliphatic rings. The van der Waals surface area contributed by atoms with Gasteiger partial charge in [0.05, 0.1) is 10.2 Å². The molecule has 4 nitrogen and oxygen atoms in total. The van der Waals surface area contributed by atoms with Crippen molar-refractivity contribution in [3.05, 3.63) is 23.8 Å². The van der Waals surface area contributed by atoms with Gasteiger partial charge in [-0.1, -0.05) is 11.3 Å². The first-order valence-corrected chi connectivity index (χ1v) is 4.82. The van der Waals surface area contributed by atoms with Gasteiger partial charge in [0.15, 0.2) is 10.9 Å². The lowest BCUT2D eigenvalue weighted by atomic mass is 10.1. The van der Waals surface area contributed by atoms with Crippen LogP contribution in [0.4, 0.5) is 5.13 Å². The predicted molar refractivity (Wildman–Crippen MR) is 55.4 cm³/mol. The summed E-state index contributed by atoms with van der Waals surface area (Å²) in [6, 6.07) is 5.06. The van der Waals surface area contributed by atoms with Gasteiger partial charge in [-0.3, -0.25) is 4.79 Å². The number of aliphatic hydroxyl groups excluding tert-OH is 1. The number of nitrogen functional groups attached to an aromatic ring is 1. The van der Waals surface area contributed by atoms with E-state index in [9.17, 15) is 4.79 Å². The zero-order valence-electron chi connectivity index (χ0n) is 7.23. The van der Waals surface area contributed by atoms with Crippen molar-refractivity contribution < 1.29 is 9.90 Å². The summed E-state index contributed by atoms with van der Waals surface area (Å²) in [6.07, 6.45) is 0. The lowest BCUT2D eigenvalue weighted by molar-refractivity contribution is 0.0904. The first-order valence-electron chi connectivity index (χ1n) is 4.01. The van der Waals surface area contributed by atoms with Crippen LogP contribution in [0.5, 0.6) is 0 Å². The Labute approximate surface area is 84.0 Å². The number of fused-ring (bicyclic) bond motifs is 1. The number of anilines is 1. The Bertz CT molecular complexity index is 493. The molecule has 0 amide bonds. The molecular formula is C9H8N2O2S. The van der Waals surface area contributed by atoms with E-state index in [1.807, 2.05) is 0 Å². The lowest BCUT2D eigenvalue weighted by Gasteiger charge is -1.95. The molecule has 0 saturated carbocycles. The molecule has 1 aromatic heterocycles.